The fourth-order valence-electron chi connectivity index (χ4n) is 1.24. The molecule has 1 atom stereocenters. The van der Waals surface area contributed by atoms with Gasteiger partial charge in [0.05, 0.1) is 16.0 Å². The number of aliphatic hydroxyl groups excluding tert-OH is 1. The zero-order chi connectivity index (χ0) is 12.3. The van der Waals surface area contributed by atoms with E-state index in [9.17, 15) is 10.1 Å². The molecule has 0 amide bonds. The van der Waals surface area contributed by atoms with E-state index in [2.05, 4.69) is 20.9 Å². The lowest BCUT2D eigenvalue weighted by atomic mass is 10.2. The third-order valence-corrected chi connectivity index (χ3v) is 2.91. The minimum absolute atomic E-state index is 0.0809. The molecule has 1 aromatic rings. The lowest BCUT2D eigenvalue weighted by Crippen LogP contribution is -2.32. The number of pyridine rings is 1. The predicted molar refractivity (Wildman–Crippen MR) is 63.5 cm³/mol. The Hall–Kier alpha value is -1.21. The van der Waals surface area contributed by atoms with Crippen molar-refractivity contribution in [3.8, 4) is 0 Å². The van der Waals surface area contributed by atoms with Crippen LogP contribution >= 0.6 is 15.9 Å². The average molecular weight is 290 g/mol. The fourth-order valence-corrected chi connectivity index (χ4v) is 1.84. The van der Waals surface area contributed by atoms with Crippen molar-refractivity contribution in [2.75, 3.05) is 18.6 Å². The van der Waals surface area contributed by atoms with Gasteiger partial charge in [0.1, 0.15) is 11.9 Å². The van der Waals surface area contributed by atoms with E-state index in [-0.39, 0.29) is 18.3 Å². The van der Waals surface area contributed by atoms with Crippen LogP contribution in [0, 0.1) is 10.1 Å². The molecule has 0 aliphatic carbocycles. The number of nitrogens with zero attached hydrogens (tertiary/aromatic N) is 3. The van der Waals surface area contributed by atoms with E-state index in [0.717, 1.165) is 0 Å². The molecule has 1 N–H and O–H groups in total. The summed E-state index contributed by atoms with van der Waals surface area (Å²) >= 11 is 3.22. The van der Waals surface area contributed by atoms with Crippen LogP contribution in [0.4, 0.5) is 11.4 Å². The number of rotatable bonds is 4. The number of aromatic nitrogens is 1. The summed E-state index contributed by atoms with van der Waals surface area (Å²) in [5, 5.41) is 19.9. The summed E-state index contributed by atoms with van der Waals surface area (Å²) < 4.78 is 0.532. The molecular weight excluding hydrogens is 278 g/mol. The van der Waals surface area contributed by atoms with E-state index in [1.807, 2.05) is 0 Å². The third kappa shape index (κ3) is 2.48. The van der Waals surface area contributed by atoms with E-state index in [1.165, 1.54) is 12.4 Å². The molecule has 0 aliphatic rings. The van der Waals surface area contributed by atoms with Gasteiger partial charge in [0.25, 0.3) is 0 Å². The number of aliphatic hydroxyl groups is 1. The SMILES string of the molecule is CC(CO)N(C)c1c(Br)cncc1[N+](=O)[O-]. The van der Waals surface area contributed by atoms with Crippen LogP contribution in [0.3, 0.4) is 0 Å². The van der Waals surface area contributed by atoms with E-state index in [1.54, 1.807) is 18.9 Å². The van der Waals surface area contributed by atoms with E-state index in [0.29, 0.717) is 10.2 Å². The normalized spacial score (nSPS) is 12.2. The molecule has 1 heterocycles. The molecule has 0 fully saturated rings. The number of likely N-dealkylation sites (N-methyl/N-ethyl adjacent to an activating group) is 1. The van der Waals surface area contributed by atoms with E-state index in [4.69, 9.17) is 5.11 Å². The van der Waals surface area contributed by atoms with Crippen molar-refractivity contribution in [2.45, 2.75) is 13.0 Å². The first-order valence-corrected chi connectivity index (χ1v) is 5.40. The lowest BCUT2D eigenvalue weighted by Gasteiger charge is -2.25. The summed E-state index contributed by atoms with van der Waals surface area (Å²) in [5.41, 5.74) is 0.332. The highest BCUT2D eigenvalue weighted by Crippen LogP contribution is 2.34. The number of halogens is 1. The van der Waals surface area contributed by atoms with Crippen LogP contribution in [0.2, 0.25) is 0 Å². The molecule has 1 unspecified atom stereocenters. The Morgan fingerprint density at radius 3 is 2.81 bits per heavy atom. The number of anilines is 1. The predicted octanol–water partition coefficient (Wildman–Crippen LogP) is 1.57. The van der Waals surface area contributed by atoms with Crippen LogP contribution in [0.5, 0.6) is 0 Å². The van der Waals surface area contributed by atoms with Crippen LogP contribution in [-0.4, -0.2) is 34.7 Å². The van der Waals surface area contributed by atoms with Crippen molar-refractivity contribution in [1.82, 2.24) is 4.98 Å². The first-order valence-electron chi connectivity index (χ1n) is 4.60. The summed E-state index contributed by atoms with van der Waals surface area (Å²) in [5.74, 6) is 0. The van der Waals surface area contributed by atoms with Crippen molar-refractivity contribution < 1.29 is 10.0 Å². The fraction of sp³-hybridized carbons (Fsp3) is 0.444. The number of hydrogen-bond acceptors (Lipinski definition) is 5. The maximum absolute atomic E-state index is 10.8. The maximum Gasteiger partial charge on any atom is 0.311 e. The Morgan fingerprint density at radius 1 is 1.69 bits per heavy atom. The summed E-state index contributed by atoms with van der Waals surface area (Å²) in [6.45, 7) is 1.69. The Bertz CT molecular complexity index is 400. The van der Waals surface area contributed by atoms with Crippen LogP contribution in [0.1, 0.15) is 6.92 Å². The summed E-state index contributed by atoms with van der Waals surface area (Å²) in [4.78, 5) is 15.8. The highest BCUT2D eigenvalue weighted by molar-refractivity contribution is 9.10. The first kappa shape index (κ1) is 12.9. The third-order valence-electron chi connectivity index (χ3n) is 2.33. The molecule has 0 aromatic carbocycles. The van der Waals surface area contributed by atoms with E-state index < -0.39 is 4.92 Å². The molecule has 0 radical (unpaired) electrons. The molecule has 7 heteroatoms. The van der Waals surface area contributed by atoms with Crippen molar-refractivity contribution in [3.05, 3.63) is 27.0 Å². The van der Waals surface area contributed by atoms with Gasteiger partial charge >= 0.3 is 5.69 Å². The zero-order valence-electron chi connectivity index (χ0n) is 8.92. The van der Waals surface area contributed by atoms with Crippen molar-refractivity contribution >= 4 is 27.3 Å². The Balaban J connectivity index is 3.24. The van der Waals surface area contributed by atoms with Gasteiger partial charge in [-0.1, -0.05) is 0 Å². The van der Waals surface area contributed by atoms with Crippen LogP contribution < -0.4 is 4.90 Å². The summed E-state index contributed by atoms with van der Waals surface area (Å²) in [7, 11) is 1.69. The zero-order valence-corrected chi connectivity index (χ0v) is 10.5. The van der Waals surface area contributed by atoms with Gasteiger partial charge in [-0.25, -0.2) is 0 Å². The minimum Gasteiger partial charge on any atom is -0.394 e. The second-order valence-electron chi connectivity index (χ2n) is 3.39. The molecule has 6 nitrogen and oxygen atoms in total. The maximum atomic E-state index is 10.8. The van der Waals surface area contributed by atoms with Crippen LogP contribution in [-0.2, 0) is 0 Å². The monoisotopic (exact) mass is 289 g/mol. The lowest BCUT2D eigenvalue weighted by molar-refractivity contribution is -0.384. The molecule has 88 valence electrons. The van der Waals surface area contributed by atoms with Gasteiger partial charge in [0.15, 0.2) is 0 Å². The molecular formula is C9H12BrN3O3. The minimum atomic E-state index is -0.492. The quantitative estimate of drug-likeness (QED) is 0.672. The second-order valence-corrected chi connectivity index (χ2v) is 4.24. The average Bonchev–Trinajstić information content (AvgIpc) is 2.26. The van der Waals surface area contributed by atoms with Gasteiger partial charge < -0.3 is 10.0 Å². The molecule has 16 heavy (non-hydrogen) atoms. The van der Waals surface area contributed by atoms with Gasteiger partial charge in [-0.3, -0.25) is 15.1 Å². The first-order chi connectivity index (χ1) is 7.49. The van der Waals surface area contributed by atoms with Crippen molar-refractivity contribution in [2.24, 2.45) is 0 Å². The van der Waals surface area contributed by atoms with Gasteiger partial charge in [-0.05, 0) is 22.9 Å². The molecule has 0 saturated heterocycles. The molecule has 0 spiro atoms. The molecule has 1 aromatic heterocycles. The van der Waals surface area contributed by atoms with Gasteiger partial charge in [0, 0.05) is 19.3 Å². The molecule has 0 aliphatic heterocycles. The number of nitro groups is 1. The highest BCUT2D eigenvalue weighted by atomic mass is 79.9. The largest absolute Gasteiger partial charge is 0.394 e. The Kier molecular flexibility index (Phi) is 4.19. The standard InChI is InChI=1S/C9H12BrN3O3/c1-6(5-14)12(2)9-7(10)3-11-4-8(9)13(15)16/h3-4,6,14H,5H2,1-2H3. The topological polar surface area (TPSA) is 79.5 Å². The summed E-state index contributed by atoms with van der Waals surface area (Å²) in [6, 6.07) is -0.211. The Labute approximate surface area is 101 Å². The smallest absolute Gasteiger partial charge is 0.311 e. The van der Waals surface area contributed by atoms with Crippen molar-refractivity contribution in [3.63, 3.8) is 0 Å². The van der Waals surface area contributed by atoms with Crippen molar-refractivity contribution in [1.29, 1.82) is 0 Å². The Morgan fingerprint density at radius 2 is 2.31 bits per heavy atom. The van der Waals surface area contributed by atoms with Crippen LogP contribution in [0.15, 0.2) is 16.9 Å². The van der Waals surface area contributed by atoms with E-state index >= 15 is 0 Å². The molecule has 1 rings (SSSR count). The number of hydrogen-bond donors (Lipinski definition) is 1. The second kappa shape index (κ2) is 5.22. The van der Waals surface area contributed by atoms with Gasteiger partial charge in [0.2, 0.25) is 0 Å². The van der Waals surface area contributed by atoms with Gasteiger partial charge in [-0.15, -0.1) is 0 Å². The van der Waals surface area contributed by atoms with Gasteiger partial charge in [-0.2, -0.15) is 0 Å². The van der Waals surface area contributed by atoms with Crippen LogP contribution in [0.25, 0.3) is 0 Å². The molecule has 0 saturated carbocycles. The highest BCUT2D eigenvalue weighted by Gasteiger charge is 2.23. The summed E-state index contributed by atoms with van der Waals surface area (Å²) in [6.07, 6.45) is 2.68. The molecule has 0 bridgehead atoms.